The van der Waals surface area contributed by atoms with E-state index in [0.717, 1.165) is 17.2 Å². The largest absolute Gasteiger partial charge is 1.00 e. The number of fused-ring (bicyclic) bond motifs is 1. The number of nitrogens with zero attached hydrogens (tertiary/aromatic N) is 3. The molecule has 3 aromatic rings. The van der Waals surface area contributed by atoms with Crippen LogP contribution in [-0.2, 0) is 0 Å². The number of hydrogen-bond donors (Lipinski definition) is 3. The topological polar surface area (TPSA) is 81.7 Å². The standard InChI is InChI=1S/C10H9N5O.ClH/c1-6-11-10-13-12-9(15(10)14-6)7-2-4-8(16)5-3-7;/h2-5H,1H3,(H2,11,12,13,14,16);1H. The van der Waals surface area contributed by atoms with Crippen molar-refractivity contribution in [3.05, 3.63) is 30.1 Å². The Bertz CT molecular complexity index is 642. The Hall–Kier alpha value is -2.08. The molecular weight excluding hydrogens is 242 g/mol. The second kappa shape index (κ2) is 4.06. The van der Waals surface area contributed by atoms with E-state index in [0.29, 0.717) is 5.78 Å². The number of aryl methyl sites for hydroxylation is 1. The van der Waals surface area contributed by atoms with E-state index in [1.165, 1.54) is 0 Å². The highest BCUT2D eigenvalue weighted by atomic mass is 35.5. The van der Waals surface area contributed by atoms with Crippen LogP contribution < -0.4 is 16.9 Å². The van der Waals surface area contributed by atoms with Gasteiger partial charge in [-0.15, -0.1) is 4.52 Å². The van der Waals surface area contributed by atoms with Crippen molar-refractivity contribution in [2.24, 2.45) is 0 Å². The lowest BCUT2D eigenvalue weighted by Crippen LogP contribution is -3.00. The minimum atomic E-state index is 0. The average Bonchev–Trinajstić information content (AvgIpc) is 2.78. The Labute approximate surface area is 103 Å². The van der Waals surface area contributed by atoms with E-state index in [4.69, 9.17) is 0 Å². The molecule has 0 radical (unpaired) electrons. The van der Waals surface area contributed by atoms with Gasteiger partial charge in [-0.3, -0.25) is 0 Å². The molecule has 0 aliphatic heterocycles. The third kappa shape index (κ3) is 1.83. The van der Waals surface area contributed by atoms with Crippen molar-refractivity contribution < 1.29 is 22.0 Å². The molecule has 3 rings (SSSR count). The number of rotatable bonds is 1. The fourth-order valence-electron chi connectivity index (χ4n) is 1.63. The lowest BCUT2D eigenvalue weighted by atomic mass is 10.2. The van der Waals surface area contributed by atoms with Crippen LogP contribution >= 0.6 is 0 Å². The van der Waals surface area contributed by atoms with E-state index in [2.05, 4.69) is 20.3 Å². The molecule has 0 saturated carbocycles. The molecule has 0 amide bonds. The van der Waals surface area contributed by atoms with Crippen LogP contribution in [0.5, 0.6) is 5.75 Å². The molecule has 0 atom stereocenters. The molecule has 3 N–H and O–H groups in total. The van der Waals surface area contributed by atoms with Crippen LogP contribution in [0, 0.1) is 6.92 Å². The fraction of sp³-hybridized carbons (Fsp3) is 0.100. The summed E-state index contributed by atoms with van der Waals surface area (Å²) in [6.45, 7) is 1.87. The normalized spacial score (nSPS) is 10.4. The van der Waals surface area contributed by atoms with Crippen LogP contribution in [0.15, 0.2) is 24.3 Å². The van der Waals surface area contributed by atoms with Gasteiger partial charge in [-0.25, -0.2) is 5.10 Å². The van der Waals surface area contributed by atoms with Crippen molar-refractivity contribution in [3.8, 4) is 17.1 Å². The average molecular weight is 252 g/mol. The van der Waals surface area contributed by atoms with Gasteiger partial charge in [0, 0.05) is 17.6 Å². The maximum atomic E-state index is 9.22. The molecule has 0 aliphatic rings. The van der Waals surface area contributed by atoms with Gasteiger partial charge in [0.2, 0.25) is 0 Å². The molecule has 1 aromatic carbocycles. The van der Waals surface area contributed by atoms with Crippen LogP contribution in [-0.4, -0.2) is 25.4 Å². The van der Waals surface area contributed by atoms with Crippen LogP contribution in [0.2, 0.25) is 0 Å². The predicted molar refractivity (Wildman–Crippen MR) is 55.7 cm³/mol. The molecule has 6 nitrogen and oxygen atoms in total. The van der Waals surface area contributed by atoms with Gasteiger partial charge in [0.15, 0.2) is 5.82 Å². The summed E-state index contributed by atoms with van der Waals surface area (Å²) >= 11 is 0. The van der Waals surface area contributed by atoms with E-state index in [1.807, 2.05) is 19.1 Å². The van der Waals surface area contributed by atoms with Gasteiger partial charge in [0.05, 0.1) is 0 Å². The summed E-state index contributed by atoms with van der Waals surface area (Å²) in [6, 6.07) is 6.88. The molecule has 7 heteroatoms. The molecule has 0 fully saturated rings. The molecule has 0 saturated heterocycles. The summed E-state index contributed by atoms with van der Waals surface area (Å²) in [6.07, 6.45) is 0. The number of aromatic amines is 2. The maximum absolute atomic E-state index is 9.22. The summed E-state index contributed by atoms with van der Waals surface area (Å²) < 4.78 is 1.77. The zero-order valence-electron chi connectivity index (χ0n) is 8.98. The Morgan fingerprint density at radius 1 is 1.24 bits per heavy atom. The smallest absolute Gasteiger partial charge is 0.437 e. The monoisotopic (exact) mass is 251 g/mol. The van der Waals surface area contributed by atoms with Gasteiger partial charge >= 0.3 is 5.78 Å². The minimum absolute atomic E-state index is 0. The quantitative estimate of drug-likeness (QED) is 0.420. The Morgan fingerprint density at radius 3 is 2.65 bits per heavy atom. The first-order valence-electron chi connectivity index (χ1n) is 4.86. The third-order valence-electron chi connectivity index (χ3n) is 2.37. The van der Waals surface area contributed by atoms with E-state index in [9.17, 15) is 5.11 Å². The summed E-state index contributed by atoms with van der Waals surface area (Å²) in [5.41, 5.74) is 0.925. The van der Waals surface area contributed by atoms with Crippen molar-refractivity contribution in [2.45, 2.75) is 6.92 Å². The SMILES string of the molecule is Cc1nc2n[nH]c(-c3ccc(O)cc3)[n+]2[nH]1.[Cl-]. The number of hydrogen-bond acceptors (Lipinski definition) is 3. The number of phenolic OH excluding ortho intramolecular Hbond substituents is 1. The number of aromatic hydroxyl groups is 1. The third-order valence-corrected chi connectivity index (χ3v) is 2.37. The van der Waals surface area contributed by atoms with Crippen molar-refractivity contribution in [3.63, 3.8) is 0 Å². The van der Waals surface area contributed by atoms with Crippen molar-refractivity contribution >= 4 is 5.78 Å². The summed E-state index contributed by atoms with van der Waals surface area (Å²) in [5.74, 6) is 2.44. The zero-order chi connectivity index (χ0) is 11.1. The van der Waals surface area contributed by atoms with E-state index >= 15 is 0 Å². The van der Waals surface area contributed by atoms with E-state index in [1.54, 1.807) is 16.6 Å². The molecule has 17 heavy (non-hydrogen) atoms. The first-order valence-corrected chi connectivity index (χ1v) is 4.86. The second-order valence-corrected chi connectivity index (χ2v) is 3.56. The van der Waals surface area contributed by atoms with Gasteiger partial charge in [-0.05, 0) is 24.3 Å². The minimum Gasteiger partial charge on any atom is -1.00 e. The lowest BCUT2D eigenvalue weighted by molar-refractivity contribution is -0.566. The summed E-state index contributed by atoms with van der Waals surface area (Å²) in [7, 11) is 0. The van der Waals surface area contributed by atoms with Gasteiger partial charge in [-0.2, -0.15) is 5.10 Å². The molecule has 2 heterocycles. The number of phenols is 1. The van der Waals surface area contributed by atoms with Crippen LogP contribution in [0.25, 0.3) is 17.2 Å². The number of benzene rings is 1. The molecule has 0 unspecified atom stereocenters. The Kier molecular flexibility index (Phi) is 2.72. The van der Waals surface area contributed by atoms with E-state index < -0.39 is 0 Å². The molecule has 2 aromatic heterocycles. The summed E-state index contributed by atoms with van der Waals surface area (Å²) in [4.78, 5) is 4.19. The molecule has 0 bridgehead atoms. The second-order valence-electron chi connectivity index (χ2n) is 3.56. The number of nitrogens with one attached hydrogen (secondary N) is 2. The molecular formula is C10H10ClN5O. The van der Waals surface area contributed by atoms with Gasteiger partial charge in [-0.1, -0.05) is 4.98 Å². The summed E-state index contributed by atoms with van der Waals surface area (Å²) in [5, 5.41) is 19.3. The highest BCUT2D eigenvalue weighted by molar-refractivity contribution is 5.53. The Morgan fingerprint density at radius 2 is 1.94 bits per heavy atom. The van der Waals surface area contributed by atoms with Crippen LogP contribution in [0.3, 0.4) is 0 Å². The molecule has 0 aliphatic carbocycles. The Balaban J connectivity index is 0.00000108. The first kappa shape index (κ1) is 11.4. The first-order chi connectivity index (χ1) is 7.74. The van der Waals surface area contributed by atoms with Crippen LogP contribution in [0.4, 0.5) is 0 Å². The predicted octanol–water partition coefficient (Wildman–Crippen LogP) is -2.44. The van der Waals surface area contributed by atoms with Gasteiger partial charge in [0.25, 0.3) is 5.82 Å². The van der Waals surface area contributed by atoms with Crippen molar-refractivity contribution in [2.75, 3.05) is 0 Å². The van der Waals surface area contributed by atoms with Crippen molar-refractivity contribution in [1.82, 2.24) is 20.3 Å². The number of H-pyrrole nitrogens is 2. The highest BCUT2D eigenvalue weighted by Gasteiger charge is 2.17. The fourth-order valence-corrected chi connectivity index (χ4v) is 1.63. The zero-order valence-corrected chi connectivity index (χ0v) is 9.73. The van der Waals surface area contributed by atoms with Crippen molar-refractivity contribution in [1.29, 1.82) is 0 Å². The van der Waals surface area contributed by atoms with Gasteiger partial charge in [0.1, 0.15) is 5.75 Å². The lowest BCUT2D eigenvalue weighted by Gasteiger charge is -1.94. The van der Waals surface area contributed by atoms with Crippen LogP contribution in [0.1, 0.15) is 5.82 Å². The van der Waals surface area contributed by atoms with Gasteiger partial charge < -0.3 is 17.5 Å². The highest BCUT2D eigenvalue weighted by Crippen LogP contribution is 2.16. The number of aromatic nitrogens is 5. The molecule has 88 valence electrons. The molecule has 0 spiro atoms. The van der Waals surface area contributed by atoms with E-state index in [-0.39, 0.29) is 18.2 Å². The number of halogens is 1. The maximum Gasteiger partial charge on any atom is 0.437 e.